The Bertz CT molecular complexity index is 776. The first-order valence-corrected chi connectivity index (χ1v) is 7.68. The van der Waals surface area contributed by atoms with Gasteiger partial charge in [0.25, 0.3) is 0 Å². The minimum absolute atomic E-state index is 0.208. The summed E-state index contributed by atoms with van der Waals surface area (Å²) in [6.07, 6.45) is 0. The Labute approximate surface area is 123 Å². The van der Waals surface area contributed by atoms with Crippen molar-refractivity contribution >= 4 is 44.4 Å². The van der Waals surface area contributed by atoms with Gasteiger partial charge in [-0.05, 0) is 36.6 Å². The number of aromatic nitrogens is 1. The molecule has 102 valence electrons. The standard InChI is InChI=1S/C14H12N2O2S2/c1-8-16-11(7-19-8)6-18-14(17)13-5-9-4-10(15)2-3-12(9)20-13/h2-5,7H,6,15H2,1H3. The number of nitrogen functional groups attached to an aromatic ring is 1. The number of nitrogens with zero attached hydrogens (tertiary/aromatic N) is 1. The van der Waals surface area contributed by atoms with Crippen LogP contribution in [0.2, 0.25) is 0 Å². The molecule has 0 atom stereocenters. The van der Waals surface area contributed by atoms with E-state index in [0.717, 1.165) is 20.8 Å². The second-order valence-electron chi connectivity index (χ2n) is 4.34. The first-order chi connectivity index (χ1) is 9.61. The number of carbonyl (C=O) groups excluding carboxylic acids is 1. The van der Waals surface area contributed by atoms with Crippen LogP contribution in [0.15, 0.2) is 29.6 Å². The molecule has 2 heterocycles. The maximum atomic E-state index is 12.0. The van der Waals surface area contributed by atoms with Gasteiger partial charge in [-0.25, -0.2) is 9.78 Å². The number of thiophene rings is 1. The minimum Gasteiger partial charge on any atom is -0.455 e. The number of rotatable bonds is 3. The number of aryl methyl sites for hydroxylation is 1. The quantitative estimate of drug-likeness (QED) is 0.593. The molecule has 2 N–H and O–H groups in total. The van der Waals surface area contributed by atoms with E-state index in [0.29, 0.717) is 10.6 Å². The second-order valence-corrected chi connectivity index (χ2v) is 6.49. The lowest BCUT2D eigenvalue weighted by molar-refractivity contribution is 0.0474. The van der Waals surface area contributed by atoms with Gasteiger partial charge < -0.3 is 10.5 Å². The van der Waals surface area contributed by atoms with Crippen molar-refractivity contribution in [1.82, 2.24) is 4.98 Å². The molecular formula is C14H12N2O2S2. The highest BCUT2D eigenvalue weighted by Crippen LogP contribution is 2.28. The van der Waals surface area contributed by atoms with Crippen molar-refractivity contribution in [2.24, 2.45) is 0 Å². The molecule has 3 aromatic rings. The van der Waals surface area contributed by atoms with E-state index < -0.39 is 0 Å². The van der Waals surface area contributed by atoms with Crippen LogP contribution in [0.1, 0.15) is 20.4 Å². The van der Waals surface area contributed by atoms with Crippen LogP contribution >= 0.6 is 22.7 Å². The van der Waals surface area contributed by atoms with Crippen LogP contribution in [0, 0.1) is 6.92 Å². The van der Waals surface area contributed by atoms with Gasteiger partial charge in [-0.15, -0.1) is 22.7 Å². The molecule has 0 bridgehead atoms. The predicted octanol–water partition coefficient (Wildman–Crippen LogP) is 3.61. The van der Waals surface area contributed by atoms with Crippen LogP contribution in [-0.2, 0) is 11.3 Å². The number of thiazole rings is 1. The average Bonchev–Trinajstić information content (AvgIpc) is 3.01. The number of fused-ring (bicyclic) bond motifs is 1. The van der Waals surface area contributed by atoms with E-state index in [1.54, 1.807) is 11.3 Å². The van der Waals surface area contributed by atoms with Crippen molar-refractivity contribution < 1.29 is 9.53 Å². The van der Waals surface area contributed by atoms with Gasteiger partial charge in [-0.2, -0.15) is 0 Å². The van der Waals surface area contributed by atoms with Crippen LogP contribution < -0.4 is 5.73 Å². The highest BCUT2D eigenvalue weighted by atomic mass is 32.1. The summed E-state index contributed by atoms with van der Waals surface area (Å²) in [6, 6.07) is 7.40. The lowest BCUT2D eigenvalue weighted by Gasteiger charge is -1.99. The van der Waals surface area contributed by atoms with Gasteiger partial charge in [0.2, 0.25) is 0 Å². The fourth-order valence-corrected chi connectivity index (χ4v) is 3.38. The number of nitrogens with two attached hydrogens (primary N) is 1. The Balaban J connectivity index is 1.75. The van der Waals surface area contributed by atoms with Gasteiger partial charge in [0, 0.05) is 15.8 Å². The third kappa shape index (κ3) is 2.66. The Morgan fingerprint density at radius 1 is 1.40 bits per heavy atom. The van der Waals surface area contributed by atoms with E-state index in [4.69, 9.17) is 10.5 Å². The number of anilines is 1. The van der Waals surface area contributed by atoms with E-state index in [1.165, 1.54) is 11.3 Å². The summed E-state index contributed by atoms with van der Waals surface area (Å²) in [5, 5.41) is 3.83. The summed E-state index contributed by atoms with van der Waals surface area (Å²) in [4.78, 5) is 16.9. The molecule has 20 heavy (non-hydrogen) atoms. The fourth-order valence-electron chi connectivity index (χ4n) is 1.85. The van der Waals surface area contributed by atoms with Crippen molar-refractivity contribution in [2.75, 3.05) is 5.73 Å². The molecule has 0 aliphatic heterocycles. The highest BCUT2D eigenvalue weighted by molar-refractivity contribution is 7.20. The predicted molar refractivity (Wildman–Crippen MR) is 82.2 cm³/mol. The zero-order valence-corrected chi connectivity index (χ0v) is 12.4. The topological polar surface area (TPSA) is 65.2 Å². The Kier molecular flexibility index (Phi) is 3.42. The molecule has 0 saturated heterocycles. The van der Waals surface area contributed by atoms with E-state index in [1.807, 2.05) is 36.6 Å². The third-order valence-electron chi connectivity index (χ3n) is 2.76. The van der Waals surface area contributed by atoms with E-state index in [-0.39, 0.29) is 12.6 Å². The summed E-state index contributed by atoms with van der Waals surface area (Å²) in [5.41, 5.74) is 7.20. The molecule has 0 amide bonds. The summed E-state index contributed by atoms with van der Waals surface area (Å²) < 4.78 is 6.30. The molecule has 0 aliphatic rings. The molecule has 0 radical (unpaired) electrons. The average molecular weight is 304 g/mol. The SMILES string of the molecule is Cc1nc(COC(=O)c2cc3cc(N)ccc3s2)cs1. The van der Waals surface area contributed by atoms with Crippen LogP contribution in [0.4, 0.5) is 5.69 Å². The van der Waals surface area contributed by atoms with Crippen molar-refractivity contribution in [3.05, 3.63) is 45.2 Å². The minimum atomic E-state index is -0.324. The molecule has 3 rings (SSSR count). The monoisotopic (exact) mass is 304 g/mol. The van der Waals surface area contributed by atoms with Gasteiger partial charge >= 0.3 is 5.97 Å². The molecule has 0 spiro atoms. The normalized spacial score (nSPS) is 10.8. The van der Waals surface area contributed by atoms with Crippen molar-refractivity contribution in [1.29, 1.82) is 0 Å². The van der Waals surface area contributed by atoms with Crippen LogP contribution in [0.5, 0.6) is 0 Å². The maximum Gasteiger partial charge on any atom is 0.348 e. The van der Waals surface area contributed by atoms with E-state index >= 15 is 0 Å². The summed E-state index contributed by atoms with van der Waals surface area (Å²) in [5.74, 6) is -0.324. The first kappa shape index (κ1) is 13.1. The number of esters is 1. The zero-order valence-electron chi connectivity index (χ0n) is 10.8. The van der Waals surface area contributed by atoms with Crippen LogP contribution in [0.25, 0.3) is 10.1 Å². The molecular weight excluding hydrogens is 292 g/mol. The van der Waals surface area contributed by atoms with Gasteiger partial charge in [0.1, 0.15) is 11.5 Å². The molecule has 2 aromatic heterocycles. The maximum absolute atomic E-state index is 12.0. The lowest BCUT2D eigenvalue weighted by atomic mass is 10.2. The van der Waals surface area contributed by atoms with E-state index in [2.05, 4.69) is 4.98 Å². The number of hydrogen-bond acceptors (Lipinski definition) is 6. The van der Waals surface area contributed by atoms with Crippen LogP contribution in [-0.4, -0.2) is 11.0 Å². The van der Waals surface area contributed by atoms with Gasteiger partial charge in [0.15, 0.2) is 0 Å². The molecule has 4 nitrogen and oxygen atoms in total. The van der Waals surface area contributed by atoms with Gasteiger partial charge in [0.05, 0.1) is 10.7 Å². The highest BCUT2D eigenvalue weighted by Gasteiger charge is 2.12. The zero-order chi connectivity index (χ0) is 14.1. The summed E-state index contributed by atoms with van der Waals surface area (Å²) in [7, 11) is 0. The number of benzene rings is 1. The third-order valence-corrected chi connectivity index (χ3v) is 4.68. The van der Waals surface area contributed by atoms with Crippen molar-refractivity contribution in [3.8, 4) is 0 Å². The molecule has 1 aromatic carbocycles. The number of carbonyl (C=O) groups is 1. The summed E-state index contributed by atoms with van der Waals surface area (Å²) in [6.45, 7) is 2.13. The van der Waals surface area contributed by atoms with Crippen molar-refractivity contribution in [3.63, 3.8) is 0 Å². The molecule has 0 unspecified atom stereocenters. The second kappa shape index (κ2) is 5.22. The Hall–Kier alpha value is -1.92. The first-order valence-electron chi connectivity index (χ1n) is 5.99. The van der Waals surface area contributed by atoms with E-state index in [9.17, 15) is 4.79 Å². The Morgan fingerprint density at radius 2 is 2.25 bits per heavy atom. The van der Waals surface area contributed by atoms with Crippen LogP contribution in [0.3, 0.4) is 0 Å². The molecule has 0 saturated carbocycles. The largest absolute Gasteiger partial charge is 0.455 e. The fraction of sp³-hybridized carbons (Fsp3) is 0.143. The number of ether oxygens (including phenoxy) is 1. The lowest BCUT2D eigenvalue weighted by Crippen LogP contribution is -2.03. The molecule has 0 aliphatic carbocycles. The summed E-state index contributed by atoms with van der Waals surface area (Å²) >= 11 is 2.95. The smallest absolute Gasteiger partial charge is 0.348 e. The number of hydrogen-bond donors (Lipinski definition) is 1. The molecule has 0 fully saturated rings. The van der Waals surface area contributed by atoms with Crippen molar-refractivity contribution in [2.45, 2.75) is 13.5 Å². The van der Waals surface area contributed by atoms with Gasteiger partial charge in [-0.3, -0.25) is 0 Å². The van der Waals surface area contributed by atoms with Gasteiger partial charge in [-0.1, -0.05) is 0 Å². The Morgan fingerprint density at radius 3 is 3.00 bits per heavy atom. The molecule has 6 heteroatoms.